The van der Waals surface area contributed by atoms with Crippen LogP contribution in [0, 0.1) is 0 Å². The van der Waals surface area contributed by atoms with Crippen LogP contribution < -0.4 is 10.1 Å². The number of aryl methyl sites for hydroxylation is 1. The van der Waals surface area contributed by atoms with Gasteiger partial charge in [0.1, 0.15) is 12.4 Å². The topological polar surface area (TPSA) is 39.1 Å². The molecule has 2 rings (SSSR count). The highest BCUT2D eigenvalue weighted by molar-refractivity contribution is 5.27. The molecule has 0 spiro atoms. The molecular formula is C14H18FN3O. The second-order valence-corrected chi connectivity index (χ2v) is 4.21. The number of hydrogen-bond acceptors (Lipinski definition) is 3. The molecule has 102 valence electrons. The Bertz CT molecular complexity index is 496. The maximum Gasteiger partial charge on any atom is 0.118 e. The van der Waals surface area contributed by atoms with E-state index >= 15 is 0 Å². The molecule has 0 bridgehead atoms. The summed E-state index contributed by atoms with van der Waals surface area (Å²) < 4.78 is 18.9. The lowest BCUT2D eigenvalue weighted by atomic mass is 10.2. The van der Waals surface area contributed by atoms with Crippen molar-refractivity contribution in [2.75, 3.05) is 13.8 Å². The Kier molecular flexibility index (Phi) is 4.92. The number of rotatable bonds is 7. The molecule has 19 heavy (non-hydrogen) atoms. The summed E-state index contributed by atoms with van der Waals surface area (Å²) in [6.45, 7) is 1.37. The van der Waals surface area contributed by atoms with Gasteiger partial charge in [-0.1, -0.05) is 12.1 Å². The zero-order valence-electron chi connectivity index (χ0n) is 11.0. The van der Waals surface area contributed by atoms with E-state index < -0.39 is 0 Å². The number of hydrogen-bond donors (Lipinski definition) is 1. The van der Waals surface area contributed by atoms with Gasteiger partial charge in [0.25, 0.3) is 0 Å². The van der Waals surface area contributed by atoms with Crippen LogP contribution in [0.1, 0.15) is 11.3 Å². The number of methoxy groups -OCH3 is 1. The monoisotopic (exact) mass is 263 g/mol. The normalized spacial score (nSPS) is 10.6. The van der Waals surface area contributed by atoms with E-state index in [1.165, 1.54) is 5.56 Å². The van der Waals surface area contributed by atoms with Gasteiger partial charge in [-0.2, -0.15) is 5.10 Å². The van der Waals surface area contributed by atoms with Gasteiger partial charge in [0.05, 0.1) is 19.3 Å². The van der Waals surface area contributed by atoms with Gasteiger partial charge >= 0.3 is 0 Å². The van der Waals surface area contributed by atoms with Crippen molar-refractivity contribution in [2.45, 2.75) is 19.6 Å². The molecule has 0 fully saturated rings. The van der Waals surface area contributed by atoms with Crippen LogP contribution in [0.25, 0.3) is 0 Å². The number of alkyl halides is 1. The lowest BCUT2D eigenvalue weighted by Crippen LogP contribution is -2.13. The van der Waals surface area contributed by atoms with Crippen molar-refractivity contribution in [1.82, 2.24) is 15.1 Å². The highest BCUT2D eigenvalue weighted by Crippen LogP contribution is 2.11. The summed E-state index contributed by atoms with van der Waals surface area (Å²) in [7, 11) is 1.65. The van der Waals surface area contributed by atoms with Crippen LogP contribution in [-0.4, -0.2) is 23.6 Å². The number of aromatic nitrogens is 2. The second-order valence-electron chi connectivity index (χ2n) is 4.21. The van der Waals surface area contributed by atoms with Crippen LogP contribution in [0.15, 0.2) is 36.5 Å². The van der Waals surface area contributed by atoms with E-state index in [4.69, 9.17) is 4.74 Å². The summed E-state index contributed by atoms with van der Waals surface area (Å²) >= 11 is 0. The van der Waals surface area contributed by atoms with Crippen molar-refractivity contribution in [3.05, 3.63) is 47.8 Å². The fraction of sp³-hybridized carbons (Fsp3) is 0.357. The van der Waals surface area contributed by atoms with E-state index in [-0.39, 0.29) is 6.67 Å². The molecule has 0 saturated carbocycles. The predicted octanol–water partition coefficient (Wildman–Crippen LogP) is 2.15. The third kappa shape index (κ3) is 4.06. The molecule has 4 nitrogen and oxygen atoms in total. The molecule has 0 aliphatic rings. The van der Waals surface area contributed by atoms with Gasteiger partial charge in [0.15, 0.2) is 0 Å². The van der Waals surface area contributed by atoms with E-state index in [1.807, 2.05) is 30.3 Å². The Hall–Kier alpha value is -1.88. The van der Waals surface area contributed by atoms with E-state index in [9.17, 15) is 4.39 Å². The van der Waals surface area contributed by atoms with Crippen LogP contribution in [0.5, 0.6) is 5.75 Å². The molecule has 0 atom stereocenters. The molecule has 1 aromatic heterocycles. The molecule has 2 aromatic rings. The minimum Gasteiger partial charge on any atom is -0.497 e. The summed E-state index contributed by atoms with van der Waals surface area (Å²) in [6, 6.07) is 9.82. The Morgan fingerprint density at radius 1 is 1.21 bits per heavy atom. The molecule has 1 heterocycles. The number of benzene rings is 1. The largest absolute Gasteiger partial charge is 0.497 e. The zero-order valence-corrected chi connectivity index (χ0v) is 11.0. The Morgan fingerprint density at radius 3 is 2.68 bits per heavy atom. The van der Waals surface area contributed by atoms with Crippen LogP contribution in [0.2, 0.25) is 0 Å². The lowest BCUT2D eigenvalue weighted by molar-refractivity contribution is 0.414. The zero-order chi connectivity index (χ0) is 13.5. The van der Waals surface area contributed by atoms with Gasteiger partial charge in [-0.3, -0.25) is 4.68 Å². The van der Waals surface area contributed by atoms with Gasteiger partial charge in [-0.25, -0.2) is 4.39 Å². The summed E-state index contributed by atoms with van der Waals surface area (Å²) in [6.07, 6.45) is 1.80. The van der Waals surface area contributed by atoms with E-state index in [0.29, 0.717) is 13.1 Å². The average Bonchev–Trinajstić information content (AvgIpc) is 2.88. The van der Waals surface area contributed by atoms with Crippen LogP contribution in [-0.2, 0) is 19.6 Å². The second kappa shape index (κ2) is 6.89. The van der Waals surface area contributed by atoms with Gasteiger partial charge in [0.2, 0.25) is 0 Å². The summed E-state index contributed by atoms with van der Waals surface area (Å²) in [5, 5.41) is 7.55. The standard InChI is InChI=1S/C14H18FN3O/c1-19-14-4-2-12(3-5-14)10-16-11-13-6-8-18(17-13)9-7-15/h2-6,8,16H,7,9-11H2,1H3. The Morgan fingerprint density at radius 2 is 2.00 bits per heavy atom. The smallest absolute Gasteiger partial charge is 0.118 e. The van der Waals surface area contributed by atoms with Gasteiger partial charge < -0.3 is 10.1 Å². The maximum absolute atomic E-state index is 12.1. The van der Waals surface area contributed by atoms with Crippen molar-refractivity contribution in [3.8, 4) is 5.75 Å². The summed E-state index contributed by atoms with van der Waals surface area (Å²) in [5.74, 6) is 0.855. The Balaban J connectivity index is 1.78. The highest BCUT2D eigenvalue weighted by Gasteiger charge is 1.99. The summed E-state index contributed by atoms with van der Waals surface area (Å²) in [4.78, 5) is 0. The van der Waals surface area contributed by atoms with E-state index in [1.54, 1.807) is 18.0 Å². The first-order valence-corrected chi connectivity index (χ1v) is 6.24. The third-order valence-corrected chi connectivity index (χ3v) is 2.80. The maximum atomic E-state index is 12.1. The molecule has 0 unspecified atom stereocenters. The van der Waals surface area contributed by atoms with Crippen molar-refractivity contribution in [2.24, 2.45) is 0 Å². The van der Waals surface area contributed by atoms with Gasteiger partial charge in [-0.15, -0.1) is 0 Å². The number of nitrogens with one attached hydrogen (secondary N) is 1. The van der Waals surface area contributed by atoms with Crippen LogP contribution in [0.3, 0.4) is 0 Å². The average molecular weight is 263 g/mol. The molecule has 0 amide bonds. The quantitative estimate of drug-likeness (QED) is 0.832. The number of ether oxygens (including phenoxy) is 1. The van der Waals surface area contributed by atoms with Crippen molar-refractivity contribution >= 4 is 0 Å². The molecule has 0 saturated heterocycles. The van der Waals surface area contributed by atoms with Crippen LogP contribution >= 0.6 is 0 Å². The van der Waals surface area contributed by atoms with Gasteiger partial charge in [-0.05, 0) is 23.8 Å². The molecule has 0 radical (unpaired) electrons. The first-order valence-electron chi connectivity index (χ1n) is 6.24. The molecule has 1 aromatic carbocycles. The van der Waals surface area contributed by atoms with Crippen molar-refractivity contribution < 1.29 is 9.13 Å². The molecule has 0 aliphatic heterocycles. The predicted molar refractivity (Wildman–Crippen MR) is 71.7 cm³/mol. The fourth-order valence-corrected chi connectivity index (χ4v) is 1.79. The summed E-state index contributed by atoms with van der Waals surface area (Å²) in [5.41, 5.74) is 2.10. The fourth-order valence-electron chi connectivity index (χ4n) is 1.79. The first kappa shape index (κ1) is 13.5. The number of nitrogens with zero attached hydrogens (tertiary/aromatic N) is 2. The lowest BCUT2D eigenvalue weighted by Gasteiger charge is -2.04. The van der Waals surface area contributed by atoms with Crippen molar-refractivity contribution in [3.63, 3.8) is 0 Å². The van der Waals surface area contributed by atoms with E-state index in [0.717, 1.165) is 18.0 Å². The molecule has 0 aliphatic carbocycles. The van der Waals surface area contributed by atoms with E-state index in [2.05, 4.69) is 10.4 Å². The minimum atomic E-state index is -0.388. The first-order chi connectivity index (χ1) is 9.31. The highest BCUT2D eigenvalue weighted by atomic mass is 19.1. The van der Waals surface area contributed by atoms with Crippen LogP contribution in [0.4, 0.5) is 4.39 Å². The number of halogens is 1. The van der Waals surface area contributed by atoms with Crippen molar-refractivity contribution in [1.29, 1.82) is 0 Å². The molecular weight excluding hydrogens is 245 g/mol. The molecule has 5 heteroatoms. The van der Waals surface area contributed by atoms with Gasteiger partial charge in [0, 0.05) is 19.3 Å². The molecule has 1 N–H and O–H groups in total. The SMILES string of the molecule is COc1ccc(CNCc2ccn(CCF)n2)cc1. The Labute approximate surface area is 112 Å². The minimum absolute atomic E-state index is 0.318. The third-order valence-electron chi connectivity index (χ3n) is 2.80.